The number of hydrogen-bond acceptors (Lipinski definition) is 10. The summed E-state index contributed by atoms with van der Waals surface area (Å²) in [6.07, 6.45) is -0.194. The summed E-state index contributed by atoms with van der Waals surface area (Å²) in [5.41, 5.74) is 17.4. The van der Waals surface area contributed by atoms with E-state index >= 15 is 0 Å². The van der Waals surface area contributed by atoms with Gasteiger partial charge in [0.25, 0.3) is 0 Å². The molecule has 10 N–H and O–H groups in total. The molecule has 0 spiro atoms. The number of esters is 1. The number of halogens is 1. The standard InChI is InChI=1S/C27H38N8O7S.ClH/c1-15(2)22(25(41)42-13-16-7-4-3-5-8-16)34-24(40)19(12-21(37)38)33-20(36)11-17-14-43-27(32-17)35-23(39)18(28)9-6-10-31-26(29)30;/h3-5,7-8,14-15,18-19,22H,6,9-13,28H2,1-2H3,(H,33,36)(H,34,40)(H,37,38)(H4,29,30,31)(H,32,35,39);1H/t18-,19-,22-;/m0./s1. The lowest BCUT2D eigenvalue weighted by Gasteiger charge is -2.24. The molecule has 0 saturated carbocycles. The zero-order valence-electron chi connectivity index (χ0n) is 24.4. The zero-order valence-corrected chi connectivity index (χ0v) is 26.0. The lowest BCUT2D eigenvalue weighted by atomic mass is 10.0. The van der Waals surface area contributed by atoms with Crippen molar-refractivity contribution >= 4 is 64.5 Å². The number of aromatic nitrogens is 1. The zero-order chi connectivity index (χ0) is 31.9. The van der Waals surface area contributed by atoms with Crippen LogP contribution in [0.25, 0.3) is 0 Å². The van der Waals surface area contributed by atoms with Gasteiger partial charge in [-0.15, -0.1) is 23.7 Å². The van der Waals surface area contributed by atoms with Gasteiger partial charge in [0.05, 0.1) is 24.6 Å². The molecule has 44 heavy (non-hydrogen) atoms. The van der Waals surface area contributed by atoms with Crippen molar-refractivity contribution in [3.05, 3.63) is 47.0 Å². The molecule has 3 atom stereocenters. The molecule has 0 bridgehead atoms. The van der Waals surface area contributed by atoms with Gasteiger partial charge in [0.15, 0.2) is 11.1 Å². The summed E-state index contributed by atoms with van der Waals surface area (Å²) in [7, 11) is 0. The lowest BCUT2D eigenvalue weighted by molar-refractivity contribution is -0.150. The number of benzene rings is 1. The molecule has 0 unspecified atom stereocenters. The number of nitrogens with two attached hydrogens (primary N) is 3. The Morgan fingerprint density at radius 2 is 1.75 bits per heavy atom. The molecular formula is C27H39ClN8O7S. The number of guanidine groups is 1. The van der Waals surface area contributed by atoms with Crippen LogP contribution in [-0.4, -0.2) is 70.4 Å². The van der Waals surface area contributed by atoms with Crippen molar-refractivity contribution in [2.75, 3.05) is 11.9 Å². The van der Waals surface area contributed by atoms with Gasteiger partial charge in [0.2, 0.25) is 17.7 Å². The van der Waals surface area contributed by atoms with Gasteiger partial charge in [-0.3, -0.25) is 24.2 Å². The Hall–Kier alpha value is -4.28. The number of carboxylic acids is 1. The van der Waals surface area contributed by atoms with Gasteiger partial charge >= 0.3 is 11.9 Å². The first-order valence-electron chi connectivity index (χ1n) is 13.4. The van der Waals surface area contributed by atoms with E-state index in [1.54, 1.807) is 38.1 Å². The van der Waals surface area contributed by atoms with E-state index in [2.05, 4.69) is 25.9 Å². The average molecular weight is 655 g/mol. The Balaban J connectivity index is 0.00000968. The number of aliphatic imine (C=N–C) groups is 1. The van der Waals surface area contributed by atoms with Gasteiger partial charge in [-0.1, -0.05) is 44.2 Å². The van der Waals surface area contributed by atoms with E-state index in [1.807, 2.05) is 6.07 Å². The third-order valence-corrected chi connectivity index (χ3v) is 6.71. The molecular weight excluding hydrogens is 616 g/mol. The largest absolute Gasteiger partial charge is 0.481 e. The number of carbonyl (C=O) groups excluding carboxylic acids is 4. The lowest BCUT2D eigenvalue weighted by Crippen LogP contribution is -2.54. The molecule has 3 amide bonds. The number of nitrogens with one attached hydrogen (secondary N) is 3. The number of nitrogens with zero attached hydrogens (tertiary/aromatic N) is 2. The molecule has 2 rings (SSSR count). The number of ether oxygens (including phenoxy) is 1. The second-order valence-corrected chi connectivity index (χ2v) is 10.8. The highest BCUT2D eigenvalue weighted by Gasteiger charge is 2.31. The van der Waals surface area contributed by atoms with E-state index in [4.69, 9.17) is 21.9 Å². The number of hydrogen-bond donors (Lipinski definition) is 7. The Bertz CT molecular complexity index is 1290. The highest BCUT2D eigenvalue weighted by atomic mass is 35.5. The Kier molecular flexibility index (Phi) is 16.4. The molecule has 0 aliphatic carbocycles. The molecule has 1 aromatic carbocycles. The number of amides is 3. The maximum absolute atomic E-state index is 13.0. The first-order chi connectivity index (χ1) is 20.3. The third-order valence-electron chi connectivity index (χ3n) is 5.90. The third kappa shape index (κ3) is 13.8. The number of carbonyl (C=O) groups is 5. The van der Waals surface area contributed by atoms with Crippen molar-refractivity contribution in [3.63, 3.8) is 0 Å². The van der Waals surface area contributed by atoms with E-state index in [1.165, 1.54) is 5.38 Å². The fraction of sp³-hybridized carbons (Fsp3) is 0.444. The van der Waals surface area contributed by atoms with Gasteiger partial charge in [-0.25, -0.2) is 9.78 Å². The number of thiazole rings is 1. The fourth-order valence-corrected chi connectivity index (χ4v) is 4.37. The Morgan fingerprint density at radius 3 is 2.36 bits per heavy atom. The highest BCUT2D eigenvalue weighted by Crippen LogP contribution is 2.17. The van der Waals surface area contributed by atoms with Crippen LogP contribution in [0.15, 0.2) is 40.7 Å². The molecule has 0 saturated heterocycles. The van der Waals surface area contributed by atoms with Crippen molar-refractivity contribution in [1.29, 1.82) is 0 Å². The van der Waals surface area contributed by atoms with Crippen LogP contribution >= 0.6 is 23.7 Å². The minimum absolute atomic E-state index is 0. The second kappa shape index (κ2) is 19.1. The van der Waals surface area contributed by atoms with Gasteiger partial charge in [0.1, 0.15) is 18.7 Å². The van der Waals surface area contributed by atoms with Gasteiger partial charge in [-0.05, 0) is 24.3 Å². The Morgan fingerprint density at radius 1 is 1.07 bits per heavy atom. The summed E-state index contributed by atoms with van der Waals surface area (Å²) in [5, 5.41) is 18.5. The van der Waals surface area contributed by atoms with Gasteiger partial charge in [-0.2, -0.15) is 0 Å². The van der Waals surface area contributed by atoms with Crippen LogP contribution in [0.4, 0.5) is 5.13 Å². The summed E-state index contributed by atoms with van der Waals surface area (Å²) in [6, 6.07) is 5.60. The van der Waals surface area contributed by atoms with Crippen molar-refractivity contribution in [2.45, 2.75) is 64.3 Å². The van der Waals surface area contributed by atoms with Crippen LogP contribution in [0.2, 0.25) is 0 Å². The minimum atomic E-state index is -1.47. The van der Waals surface area contributed by atoms with Crippen molar-refractivity contribution in [2.24, 2.45) is 28.1 Å². The molecule has 0 fully saturated rings. The molecule has 17 heteroatoms. The second-order valence-electron chi connectivity index (χ2n) is 9.91. The van der Waals surface area contributed by atoms with Crippen molar-refractivity contribution < 1.29 is 33.8 Å². The number of anilines is 1. The number of carboxylic acid groups (broad SMARTS) is 1. The molecule has 0 aliphatic rings. The monoisotopic (exact) mass is 654 g/mol. The van der Waals surface area contributed by atoms with Crippen molar-refractivity contribution in [3.8, 4) is 0 Å². The molecule has 242 valence electrons. The number of aliphatic carboxylic acids is 1. The predicted molar refractivity (Wildman–Crippen MR) is 167 cm³/mol. The summed E-state index contributed by atoms with van der Waals surface area (Å²) in [5.74, 6) is -4.48. The van der Waals surface area contributed by atoms with Crippen LogP contribution in [0.3, 0.4) is 0 Å². The quantitative estimate of drug-likeness (QED) is 0.0527. The first-order valence-corrected chi connectivity index (χ1v) is 14.3. The van der Waals surface area contributed by atoms with Crippen LogP contribution in [0.1, 0.15) is 44.4 Å². The summed E-state index contributed by atoms with van der Waals surface area (Å²) >= 11 is 1.06. The average Bonchev–Trinajstić information content (AvgIpc) is 3.38. The molecule has 15 nitrogen and oxygen atoms in total. The SMILES string of the molecule is CC(C)[C@H](NC(=O)[C@H](CC(=O)O)NC(=O)Cc1csc(NC(=O)[C@@H](N)CCCN=C(N)N)n1)C(=O)OCc1ccccc1.Cl. The minimum Gasteiger partial charge on any atom is -0.481 e. The molecule has 1 heterocycles. The number of rotatable bonds is 17. The topological polar surface area (TPSA) is 254 Å². The maximum atomic E-state index is 13.0. The van der Waals surface area contributed by atoms with Crippen LogP contribution in [-0.2, 0) is 41.7 Å². The highest BCUT2D eigenvalue weighted by molar-refractivity contribution is 7.13. The summed E-state index contributed by atoms with van der Waals surface area (Å²) < 4.78 is 5.33. The Labute approximate surface area is 264 Å². The molecule has 0 radical (unpaired) electrons. The van der Waals surface area contributed by atoms with Gasteiger partial charge in [0, 0.05) is 11.9 Å². The van der Waals surface area contributed by atoms with E-state index in [9.17, 15) is 29.1 Å². The normalized spacial score (nSPS) is 12.5. The van der Waals surface area contributed by atoms with E-state index < -0.39 is 54.2 Å². The smallest absolute Gasteiger partial charge is 0.329 e. The van der Waals surface area contributed by atoms with E-state index in [0.717, 1.165) is 16.9 Å². The van der Waals surface area contributed by atoms with E-state index in [-0.39, 0.29) is 48.1 Å². The van der Waals surface area contributed by atoms with Crippen LogP contribution < -0.4 is 33.2 Å². The molecule has 2 aromatic rings. The van der Waals surface area contributed by atoms with Gasteiger partial charge < -0.3 is 43.0 Å². The van der Waals surface area contributed by atoms with Crippen LogP contribution in [0.5, 0.6) is 0 Å². The fourth-order valence-electron chi connectivity index (χ4n) is 3.66. The van der Waals surface area contributed by atoms with Crippen molar-refractivity contribution in [1.82, 2.24) is 15.6 Å². The summed E-state index contributed by atoms with van der Waals surface area (Å²) in [4.78, 5) is 70.2. The van der Waals surface area contributed by atoms with E-state index in [0.29, 0.717) is 19.4 Å². The molecule has 1 aromatic heterocycles. The predicted octanol–water partition coefficient (Wildman–Crippen LogP) is 0.271. The first kappa shape index (κ1) is 37.7. The summed E-state index contributed by atoms with van der Waals surface area (Å²) in [6.45, 7) is 3.71. The maximum Gasteiger partial charge on any atom is 0.329 e. The molecule has 0 aliphatic heterocycles. The van der Waals surface area contributed by atoms with Crippen LogP contribution in [0, 0.1) is 5.92 Å².